The SMILES string of the molecule is C=CN(C)c1ccc(Oc2ccc(Nc3ncnc4cnc(N5CC6C(C#N)C6C5)nc34)cc2Cl)cc1CCC. The van der Waals surface area contributed by atoms with Crippen LogP contribution < -0.4 is 19.9 Å². The van der Waals surface area contributed by atoms with Gasteiger partial charge in [-0.05, 0) is 66.4 Å². The Morgan fingerprint density at radius 1 is 1.20 bits per heavy atom. The lowest BCUT2D eigenvalue weighted by molar-refractivity contribution is 0.482. The fraction of sp³-hybridized carbons (Fsp3) is 0.300. The summed E-state index contributed by atoms with van der Waals surface area (Å²) in [7, 11) is 1.98. The number of aryl methyl sites for hydroxylation is 1. The van der Waals surface area contributed by atoms with Crippen molar-refractivity contribution in [2.24, 2.45) is 17.8 Å². The van der Waals surface area contributed by atoms with Gasteiger partial charge in [0.1, 0.15) is 28.9 Å². The second-order valence-electron chi connectivity index (χ2n) is 10.2. The average Bonchev–Trinajstić information content (AvgIpc) is 3.44. The number of nitrogens with one attached hydrogen (secondary N) is 1. The molecule has 1 N–H and O–H groups in total. The summed E-state index contributed by atoms with van der Waals surface area (Å²) in [4.78, 5) is 22.2. The van der Waals surface area contributed by atoms with Crippen molar-refractivity contribution < 1.29 is 4.74 Å². The van der Waals surface area contributed by atoms with Gasteiger partial charge in [-0.1, -0.05) is 31.5 Å². The Balaban J connectivity index is 1.20. The monoisotopic (exact) mass is 552 g/mol. The summed E-state index contributed by atoms with van der Waals surface area (Å²) in [5.41, 5.74) is 4.29. The predicted octanol–water partition coefficient (Wildman–Crippen LogP) is 6.35. The Morgan fingerprint density at radius 3 is 2.75 bits per heavy atom. The molecule has 1 aliphatic carbocycles. The van der Waals surface area contributed by atoms with Gasteiger partial charge in [0, 0.05) is 31.5 Å². The van der Waals surface area contributed by atoms with Crippen molar-refractivity contribution in [2.75, 3.05) is 35.3 Å². The van der Waals surface area contributed by atoms with Crippen molar-refractivity contribution in [1.82, 2.24) is 19.9 Å². The maximum atomic E-state index is 9.22. The highest BCUT2D eigenvalue weighted by Gasteiger charge is 2.56. The third kappa shape index (κ3) is 4.87. The molecule has 202 valence electrons. The molecule has 0 bridgehead atoms. The molecule has 0 radical (unpaired) electrons. The molecule has 2 aliphatic rings. The van der Waals surface area contributed by atoms with Crippen LogP contribution in [0.1, 0.15) is 18.9 Å². The van der Waals surface area contributed by atoms with Crippen LogP contribution in [0.15, 0.2) is 61.7 Å². The minimum atomic E-state index is 0.172. The first-order chi connectivity index (χ1) is 19.5. The van der Waals surface area contributed by atoms with Crippen molar-refractivity contribution in [3.8, 4) is 17.6 Å². The molecule has 0 spiro atoms. The van der Waals surface area contributed by atoms with E-state index in [0.717, 1.165) is 43.1 Å². The van der Waals surface area contributed by atoms with E-state index in [-0.39, 0.29) is 5.92 Å². The van der Waals surface area contributed by atoms with Crippen LogP contribution in [0.3, 0.4) is 0 Å². The molecule has 2 aromatic carbocycles. The van der Waals surface area contributed by atoms with Gasteiger partial charge in [0.25, 0.3) is 0 Å². The van der Waals surface area contributed by atoms with Crippen LogP contribution in [0, 0.1) is 29.1 Å². The lowest BCUT2D eigenvalue weighted by Gasteiger charge is -2.19. The van der Waals surface area contributed by atoms with Crippen LogP contribution in [0.5, 0.6) is 11.5 Å². The average molecular weight is 553 g/mol. The summed E-state index contributed by atoms with van der Waals surface area (Å²) in [5, 5.41) is 13.0. The van der Waals surface area contributed by atoms with Gasteiger partial charge in [-0.25, -0.2) is 19.9 Å². The Bertz CT molecular complexity index is 1620. The van der Waals surface area contributed by atoms with E-state index in [2.05, 4.69) is 50.8 Å². The first-order valence-corrected chi connectivity index (χ1v) is 13.7. The Kier molecular flexibility index (Phi) is 6.86. The van der Waals surface area contributed by atoms with Gasteiger partial charge in [-0.15, -0.1) is 0 Å². The van der Waals surface area contributed by atoms with Gasteiger partial charge in [0.2, 0.25) is 5.95 Å². The normalized spacial score (nSPS) is 19.1. The highest BCUT2D eigenvalue weighted by atomic mass is 35.5. The van der Waals surface area contributed by atoms with Crippen molar-refractivity contribution >= 4 is 45.8 Å². The number of halogens is 1. The van der Waals surface area contributed by atoms with Gasteiger partial charge in [0.05, 0.1) is 23.2 Å². The standard InChI is InChI=1S/C30H29ClN8O/c1-4-6-18-11-20(8-9-26(18)38(3)5-2)40-27-10-7-19(12-24(27)31)36-29-28-25(34-17-35-29)14-33-30(37-28)39-15-22-21(13-32)23(22)16-39/h5,7-12,14,17,21-23H,2,4,6,15-16H2,1,3H3,(H,34,35,36). The summed E-state index contributed by atoms with van der Waals surface area (Å²) in [6.45, 7) is 7.63. The molecule has 9 nitrogen and oxygen atoms in total. The summed E-state index contributed by atoms with van der Waals surface area (Å²) in [5.74, 6) is 3.47. The molecular weight excluding hydrogens is 524 g/mol. The Hall–Kier alpha value is -4.42. The summed E-state index contributed by atoms with van der Waals surface area (Å²) < 4.78 is 6.16. The van der Waals surface area contributed by atoms with Crippen LogP contribution in [0.2, 0.25) is 5.02 Å². The summed E-state index contributed by atoms with van der Waals surface area (Å²) in [6, 6.07) is 13.9. The van der Waals surface area contributed by atoms with Gasteiger partial charge in [-0.3, -0.25) is 0 Å². The Morgan fingerprint density at radius 2 is 2.02 bits per heavy atom. The summed E-state index contributed by atoms with van der Waals surface area (Å²) in [6.07, 6.45) is 6.94. The van der Waals surface area contributed by atoms with E-state index in [9.17, 15) is 5.26 Å². The molecule has 2 unspecified atom stereocenters. The first kappa shape index (κ1) is 25.8. The van der Waals surface area contributed by atoms with E-state index in [0.29, 0.717) is 45.4 Å². The topological polar surface area (TPSA) is 103 Å². The maximum Gasteiger partial charge on any atom is 0.226 e. The molecule has 4 aromatic rings. The number of aromatic nitrogens is 4. The number of hydrogen-bond acceptors (Lipinski definition) is 9. The van der Waals surface area contributed by atoms with E-state index in [1.807, 2.05) is 36.2 Å². The van der Waals surface area contributed by atoms with Crippen molar-refractivity contribution in [1.29, 1.82) is 5.26 Å². The van der Waals surface area contributed by atoms with Crippen molar-refractivity contribution in [3.05, 3.63) is 72.3 Å². The smallest absolute Gasteiger partial charge is 0.226 e. The molecule has 2 atom stereocenters. The van der Waals surface area contributed by atoms with Crippen LogP contribution in [-0.2, 0) is 6.42 Å². The summed E-state index contributed by atoms with van der Waals surface area (Å²) >= 11 is 6.65. The Labute approximate surface area is 238 Å². The largest absolute Gasteiger partial charge is 0.456 e. The molecule has 0 amide bonds. The quantitative estimate of drug-likeness (QED) is 0.254. The molecule has 1 aliphatic heterocycles. The number of fused-ring (bicyclic) bond motifs is 2. The zero-order valence-electron chi connectivity index (χ0n) is 22.4. The zero-order chi connectivity index (χ0) is 27.8. The molecular formula is C30H29ClN8O. The number of hydrogen-bond donors (Lipinski definition) is 1. The molecule has 3 heterocycles. The molecule has 1 saturated carbocycles. The van der Waals surface area contributed by atoms with Gasteiger partial charge in [-0.2, -0.15) is 5.26 Å². The number of piperidine rings is 1. The second kappa shape index (κ2) is 10.6. The number of nitriles is 1. The van der Waals surface area contributed by atoms with Crippen LogP contribution >= 0.6 is 11.6 Å². The first-order valence-electron chi connectivity index (χ1n) is 13.3. The maximum absolute atomic E-state index is 9.22. The van der Waals surface area contributed by atoms with Crippen LogP contribution in [0.4, 0.5) is 23.1 Å². The highest BCUT2D eigenvalue weighted by molar-refractivity contribution is 6.32. The fourth-order valence-corrected chi connectivity index (χ4v) is 5.65. The molecule has 6 rings (SSSR count). The number of anilines is 4. The van der Waals surface area contributed by atoms with Crippen molar-refractivity contribution in [2.45, 2.75) is 19.8 Å². The second-order valence-corrected chi connectivity index (χ2v) is 10.6. The molecule has 40 heavy (non-hydrogen) atoms. The van der Waals surface area contributed by atoms with Gasteiger partial charge >= 0.3 is 0 Å². The van der Waals surface area contributed by atoms with E-state index in [1.54, 1.807) is 18.5 Å². The predicted molar refractivity (Wildman–Crippen MR) is 157 cm³/mol. The lowest BCUT2D eigenvalue weighted by Crippen LogP contribution is -2.25. The van der Waals surface area contributed by atoms with Crippen LogP contribution in [0.25, 0.3) is 11.0 Å². The number of benzene rings is 2. The molecule has 2 fully saturated rings. The highest BCUT2D eigenvalue weighted by Crippen LogP contribution is 2.51. The van der Waals surface area contributed by atoms with E-state index in [4.69, 9.17) is 21.3 Å². The van der Waals surface area contributed by atoms with Crippen LogP contribution in [-0.4, -0.2) is 40.1 Å². The number of nitrogens with zero attached hydrogens (tertiary/aromatic N) is 7. The van der Waals surface area contributed by atoms with E-state index in [1.165, 1.54) is 11.9 Å². The molecule has 2 aromatic heterocycles. The number of rotatable bonds is 9. The van der Waals surface area contributed by atoms with Crippen molar-refractivity contribution in [3.63, 3.8) is 0 Å². The third-order valence-corrected chi connectivity index (χ3v) is 7.93. The fourth-order valence-electron chi connectivity index (χ4n) is 5.43. The number of ether oxygens (including phenoxy) is 1. The van der Waals surface area contributed by atoms with Gasteiger partial charge < -0.3 is 19.9 Å². The minimum absolute atomic E-state index is 0.172. The molecule has 1 saturated heterocycles. The van der Waals surface area contributed by atoms with E-state index < -0.39 is 0 Å². The molecule has 10 heteroatoms. The zero-order valence-corrected chi connectivity index (χ0v) is 23.1. The minimum Gasteiger partial charge on any atom is -0.456 e. The lowest BCUT2D eigenvalue weighted by atomic mass is 10.1. The third-order valence-electron chi connectivity index (χ3n) is 7.64. The van der Waals surface area contributed by atoms with Gasteiger partial charge in [0.15, 0.2) is 5.82 Å². The van der Waals surface area contributed by atoms with E-state index >= 15 is 0 Å².